The lowest BCUT2D eigenvalue weighted by atomic mass is 10.3. The first-order valence-corrected chi connectivity index (χ1v) is 5.69. The average Bonchev–Trinajstić information content (AvgIpc) is 2.30. The van der Waals surface area contributed by atoms with E-state index in [1.54, 1.807) is 0 Å². The van der Waals surface area contributed by atoms with Crippen LogP contribution in [0, 0.1) is 0 Å². The Morgan fingerprint density at radius 1 is 1.40 bits per heavy atom. The summed E-state index contributed by atoms with van der Waals surface area (Å²) in [6.07, 6.45) is 0. The minimum atomic E-state index is -0.0258. The van der Waals surface area contributed by atoms with Crippen LogP contribution in [0.4, 0.5) is 5.69 Å². The number of rotatable bonds is 2. The van der Waals surface area contributed by atoms with Crippen molar-refractivity contribution in [2.24, 2.45) is 0 Å². The monoisotopic (exact) mass is 272 g/mol. The second-order valence-electron chi connectivity index (χ2n) is 3.37. The molecule has 0 aromatic carbocycles. The van der Waals surface area contributed by atoms with E-state index < -0.39 is 0 Å². The van der Waals surface area contributed by atoms with Crippen LogP contribution in [0.2, 0.25) is 0 Å². The van der Waals surface area contributed by atoms with Crippen molar-refractivity contribution in [2.45, 2.75) is 6.61 Å². The summed E-state index contributed by atoms with van der Waals surface area (Å²) in [4.78, 5) is 6.47. The van der Waals surface area contributed by atoms with Gasteiger partial charge in [0.1, 0.15) is 4.60 Å². The lowest BCUT2D eigenvalue weighted by Gasteiger charge is -2.29. The van der Waals surface area contributed by atoms with Crippen molar-refractivity contribution >= 4 is 21.6 Å². The summed E-state index contributed by atoms with van der Waals surface area (Å²) in [7, 11) is 0. The number of aliphatic hydroxyl groups is 1. The molecule has 0 aliphatic carbocycles. The fourth-order valence-electron chi connectivity index (χ4n) is 1.59. The van der Waals surface area contributed by atoms with Gasteiger partial charge in [-0.3, -0.25) is 0 Å². The van der Waals surface area contributed by atoms with Crippen LogP contribution in [0.15, 0.2) is 16.7 Å². The molecule has 0 amide bonds. The molecular formula is C10H13BrN2O2. The predicted octanol–water partition coefficient (Wildman–Crippen LogP) is 1.17. The quantitative estimate of drug-likeness (QED) is 0.822. The second kappa shape index (κ2) is 4.92. The molecule has 5 heteroatoms. The van der Waals surface area contributed by atoms with Crippen molar-refractivity contribution in [1.82, 2.24) is 4.98 Å². The highest BCUT2D eigenvalue weighted by Gasteiger charge is 2.14. The first kappa shape index (κ1) is 10.9. The molecule has 1 aromatic rings. The highest BCUT2D eigenvalue weighted by atomic mass is 79.9. The number of halogens is 1. The minimum absolute atomic E-state index is 0.0258. The average molecular weight is 273 g/mol. The number of ether oxygens (including phenoxy) is 1. The number of hydrogen-bond donors (Lipinski definition) is 1. The van der Waals surface area contributed by atoms with Gasteiger partial charge in [-0.1, -0.05) is 0 Å². The molecule has 82 valence electrons. The summed E-state index contributed by atoms with van der Waals surface area (Å²) in [5.41, 5.74) is 1.74. The minimum Gasteiger partial charge on any atom is -0.390 e. The molecule has 1 saturated heterocycles. The topological polar surface area (TPSA) is 45.6 Å². The van der Waals surface area contributed by atoms with Crippen molar-refractivity contribution in [2.75, 3.05) is 31.2 Å². The van der Waals surface area contributed by atoms with E-state index in [0.717, 1.165) is 36.6 Å². The molecule has 1 aliphatic heterocycles. The standard InChI is InChI=1S/C10H13BrN2O2/c11-10-9(2-1-8(7-14)12-10)13-3-5-15-6-4-13/h1-2,14H,3-7H2. The Balaban J connectivity index is 2.19. The number of nitrogens with zero attached hydrogens (tertiary/aromatic N) is 2. The van der Waals surface area contributed by atoms with Crippen molar-refractivity contribution in [3.8, 4) is 0 Å². The number of morpholine rings is 1. The molecule has 4 nitrogen and oxygen atoms in total. The molecule has 0 saturated carbocycles. The summed E-state index contributed by atoms with van der Waals surface area (Å²) in [6.45, 7) is 3.27. The Morgan fingerprint density at radius 2 is 2.13 bits per heavy atom. The Labute approximate surface area is 97.0 Å². The summed E-state index contributed by atoms with van der Waals surface area (Å²) < 4.78 is 6.08. The van der Waals surface area contributed by atoms with Crippen LogP contribution < -0.4 is 4.90 Å². The third-order valence-corrected chi connectivity index (χ3v) is 2.98. The van der Waals surface area contributed by atoms with E-state index in [1.165, 1.54) is 0 Å². The predicted molar refractivity (Wildman–Crippen MR) is 60.9 cm³/mol. The molecule has 1 fully saturated rings. The van der Waals surface area contributed by atoms with Gasteiger partial charge >= 0.3 is 0 Å². The van der Waals surface area contributed by atoms with E-state index in [9.17, 15) is 0 Å². The smallest absolute Gasteiger partial charge is 0.129 e. The van der Waals surface area contributed by atoms with Crippen molar-refractivity contribution < 1.29 is 9.84 Å². The van der Waals surface area contributed by atoms with Gasteiger partial charge in [0.05, 0.1) is 31.2 Å². The number of aromatic nitrogens is 1. The molecule has 0 unspecified atom stereocenters. The van der Waals surface area contributed by atoms with Crippen LogP contribution in [0.1, 0.15) is 5.69 Å². The van der Waals surface area contributed by atoms with E-state index in [1.807, 2.05) is 12.1 Å². The highest BCUT2D eigenvalue weighted by molar-refractivity contribution is 9.10. The lowest BCUT2D eigenvalue weighted by Crippen LogP contribution is -2.36. The van der Waals surface area contributed by atoms with Gasteiger partial charge in [-0.2, -0.15) is 0 Å². The van der Waals surface area contributed by atoms with Gasteiger partial charge in [-0.25, -0.2) is 4.98 Å². The molecule has 0 spiro atoms. The molecular weight excluding hydrogens is 260 g/mol. The van der Waals surface area contributed by atoms with Gasteiger partial charge in [0.2, 0.25) is 0 Å². The van der Waals surface area contributed by atoms with Crippen LogP contribution >= 0.6 is 15.9 Å². The Bertz CT molecular complexity index is 340. The summed E-state index contributed by atoms with van der Waals surface area (Å²) in [6, 6.07) is 3.82. The molecule has 0 bridgehead atoms. The van der Waals surface area contributed by atoms with Crippen LogP contribution in [-0.4, -0.2) is 36.4 Å². The lowest BCUT2D eigenvalue weighted by molar-refractivity contribution is 0.122. The van der Waals surface area contributed by atoms with Gasteiger partial charge < -0.3 is 14.7 Å². The molecule has 1 aromatic heterocycles. The zero-order chi connectivity index (χ0) is 10.7. The summed E-state index contributed by atoms with van der Waals surface area (Å²) in [5.74, 6) is 0. The van der Waals surface area contributed by atoms with Crippen LogP contribution in [0.5, 0.6) is 0 Å². The molecule has 1 aliphatic rings. The van der Waals surface area contributed by atoms with E-state index in [2.05, 4.69) is 25.8 Å². The van der Waals surface area contributed by atoms with Gasteiger partial charge in [-0.05, 0) is 28.1 Å². The maximum Gasteiger partial charge on any atom is 0.129 e. The zero-order valence-electron chi connectivity index (χ0n) is 8.32. The van der Waals surface area contributed by atoms with Gasteiger partial charge in [0.15, 0.2) is 0 Å². The number of aliphatic hydroxyl groups excluding tert-OH is 1. The number of pyridine rings is 1. The Kier molecular flexibility index (Phi) is 3.56. The van der Waals surface area contributed by atoms with Crippen molar-refractivity contribution in [3.05, 3.63) is 22.4 Å². The van der Waals surface area contributed by atoms with Gasteiger partial charge in [0.25, 0.3) is 0 Å². The van der Waals surface area contributed by atoms with E-state index in [0.29, 0.717) is 5.69 Å². The van der Waals surface area contributed by atoms with Crippen LogP contribution in [0.3, 0.4) is 0 Å². The Hall–Kier alpha value is -0.650. The fraction of sp³-hybridized carbons (Fsp3) is 0.500. The largest absolute Gasteiger partial charge is 0.390 e. The summed E-state index contributed by atoms with van der Waals surface area (Å²) >= 11 is 3.42. The number of anilines is 1. The molecule has 1 N–H and O–H groups in total. The maximum absolute atomic E-state index is 8.95. The fourth-order valence-corrected chi connectivity index (χ4v) is 2.20. The van der Waals surface area contributed by atoms with Crippen LogP contribution in [0.25, 0.3) is 0 Å². The van der Waals surface area contributed by atoms with Crippen molar-refractivity contribution in [3.63, 3.8) is 0 Å². The number of hydrogen-bond acceptors (Lipinski definition) is 4. The molecule has 2 rings (SSSR count). The zero-order valence-corrected chi connectivity index (χ0v) is 9.90. The van der Waals surface area contributed by atoms with Gasteiger partial charge in [-0.15, -0.1) is 0 Å². The molecule has 15 heavy (non-hydrogen) atoms. The Morgan fingerprint density at radius 3 is 2.73 bits per heavy atom. The molecule has 2 heterocycles. The first-order chi connectivity index (χ1) is 7.31. The maximum atomic E-state index is 8.95. The van der Waals surface area contributed by atoms with Gasteiger partial charge in [0, 0.05) is 13.1 Å². The normalized spacial score (nSPS) is 16.8. The first-order valence-electron chi connectivity index (χ1n) is 4.90. The van der Waals surface area contributed by atoms with E-state index in [-0.39, 0.29) is 6.61 Å². The van der Waals surface area contributed by atoms with Crippen LogP contribution in [-0.2, 0) is 11.3 Å². The third-order valence-electron chi connectivity index (χ3n) is 2.40. The molecule has 0 atom stereocenters. The SMILES string of the molecule is OCc1ccc(N2CCOCC2)c(Br)n1. The van der Waals surface area contributed by atoms with E-state index in [4.69, 9.17) is 9.84 Å². The molecule has 0 radical (unpaired) electrons. The summed E-state index contributed by atoms with van der Waals surface area (Å²) in [5, 5.41) is 8.95. The third kappa shape index (κ3) is 2.48. The van der Waals surface area contributed by atoms with E-state index >= 15 is 0 Å². The highest BCUT2D eigenvalue weighted by Crippen LogP contribution is 2.25. The van der Waals surface area contributed by atoms with Crippen molar-refractivity contribution in [1.29, 1.82) is 0 Å². The second-order valence-corrected chi connectivity index (χ2v) is 4.12.